The summed E-state index contributed by atoms with van der Waals surface area (Å²) >= 11 is 3.31. The first-order valence-corrected chi connectivity index (χ1v) is 6.12. The van der Waals surface area contributed by atoms with Crippen LogP contribution in [0.3, 0.4) is 0 Å². The Kier molecular flexibility index (Phi) is 4.84. The van der Waals surface area contributed by atoms with Gasteiger partial charge in [0.25, 0.3) is 0 Å². The van der Waals surface area contributed by atoms with Crippen LogP contribution in [0, 0.1) is 0 Å². The number of benzene rings is 1. The van der Waals surface area contributed by atoms with E-state index >= 15 is 0 Å². The maximum absolute atomic E-state index is 12.0. The Labute approximate surface area is 114 Å². The molecule has 0 aliphatic heterocycles. The Balaban J connectivity index is 3.34. The Bertz CT molecular complexity index is 460. The maximum atomic E-state index is 12.0. The predicted molar refractivity (Wildman–Crippen MR) is 72.2 cm³/mol. The van der Waals surface area contributed by atoms with E-state index in [1.165, 1.54) is 14.2 Å². The molecular weight excluding hydrogens is 302 g/mol. The molecule has 0 heterocycles. The summed E-state index contributed by atoms with van der Waals surface area (Å²) in [6.07, 6.45) is -0.234. The number of anilines is 1. The number of hydrogen-bond donors (Lipinski definition) is 1. The first kappa shape index (κ1) is 14.6. The summed E-state index contributed by atoms with van der Waals surface area (Å²) in [7, 11) is 2.95. The van der Waals surface area contributed by atoms with E-state index in [-0.39, 0.29) is 17.4 Å². The van der Waals surface area contributed by atoms with Crippen LogP contribution in [-0.2, 0) is 4.74 Å². The number of nitrogens with two attached hydrogens (primary N) is 1. The molecule has 18 heavy (non-hydrogen) atoms. The van der Waals surface area contributed by atoms with Crippen LogP contribution in [0.5, 0.6) is 11.5 Å². The molecule has 0 unspecified atom stereocenters. The fourth-order valence-corrected chi connectivity index (χ4v) is 2.09. The second-order valence-corrected chi connectivity index (χ2v) is 4.64. The van der Waals surface area contributed by atoms with Crippen LogP contribution in [0.25, 0.3) is 0 Å². The molecule has 0 radical (unpaired) electrons. The summed E-state index contributed by atoms with van der Waals surface area (Å²) in [6.45, 7) is 3.53. The van der Waals surface area contributed by atoms with Crippen LogP contribution in [-0.4, -0.2) is 26.3 Å². The van der Waals surface area contributed by atoms with Crippen molar-refractivity contribution in [3.63, 3.8) is 0 Å². The number of methoxy groups -OCH3 is 2. The SMILES string of the molecule is COc1cc(N)c(C(=O)OC(C)C)c(OC)c1Br. The average Bonchev–Trinajstić information content (AvgIpc) is 2.29. The van der Waals surface area contributed by atoms with Crippen LogP contribution >= 0.6 is 15.9 Å². The standard InChI is InChI=1S/C12H16BrNO4/c1-6(2)18-12(15)9-7(14)5-8(16-3)10(13)11(9)17-4/h5-6H,14H2,1-4H3. The van der Waals surface area contributed by atoms with E-state index in [9.17, 15) is 4.79 Å². The van der Waals surface area contributed by atoms with E-state index < -0.39 is 5.97 Å². The van der Waals surface area contributed by atoms with Crippen molar-refractivity contribution in [1.82, 2.24) is 0 Å². The van der Waals surface area contributed by atoms with Crippen molar-refractivity contribution in [2.24, 2.45) is 0 Å². The molecule has 2 N–H and O–H groups in total. The van der Waals surface area contributed by atoms with Gasteiger partial charge in [0.15, 0.2) is 5.75 Å². The fourth-order valence-electron chi connectivity index (χ4n) is 1.45. The molecule has 0 aliphatic carbocycles. The highest BCUT2D eigenvalue weighted by Crippen LogP contribution is 2.41. The van der Waals surface area contributed by atoms with Crippen LogP contribution < -0.4 is 15.2 Å². The maximum Gasteiger partial charge on any atom is 0.344 e. The van der Waals surface area contributed by atoms with Crippen LogP contribution in [0.15, 0.2) is 10.5 Å². The lowest BCUT2D eigenvalue weighted by Crippen LogP contribution is -2.15. The molecule has 6 heteroatoms. The van der Waals surface area contributed by atoms with Crippen molar-refractivity contribution in [3.8, 4) is 11.5 Å². The van der Waals surface area contributed by atoms with Crippen molar-refractivity contribution in [3.05, 3.63) is 16.1 Å². The second-order valence-electron chi connectivity index (χ2n) is 3.84. The Morgan fingerprint density at radius 3 is 2.39 bits per heavy atom. The van der Waals surface area contributed by atoms with Gasteiger partial charge in [-0.25, -0.2) is 4.79 Å². The number of esters is 1. The van der Waals surface area contributed by atoms with Gasteiger partial charge in [-0.1, -0.05) is 0 Å². The lowest BCUT2D eigenvalue weighted by Gasteiger charge is -2.16. The number of hydrogen-bond acceptors (Lipinski definition) is 5. The number of rotatable bonds is 4. The molecule has 0 bridgehead atoms. The summed E-state index contributed by atoms with van der Waals surface area (Å²) in [6, 6.07) is 1.55. The molecule has 1 rings (SSSR count). The zero-order valence-electron chi connectivity index (χ0n) is 10.7. The molecule has 0 atom stereocenters. The fraction of sp³-hybridized carbons (Fsp3) is 0.417. The number of halogens is 1. The minimum Gasteiger partial charge on any atom is -0.495 e. The molecule has 0 saturated heterocycles. The van der Waals surface area contributed by atoms with Crippen molar-refractivity contribution in [1.29, 1.82) is 0 Å². The van der Waals surface area contributed by atoms with E-state index in [1.54, 1.807) is 19.9 Å². The first-order chi connectivity index (χ1) is 8.42. The summed E-state index contributed by atoms with van der Waals surface area (Å²) in [5.41, 5.74) is 6.28. The van der Waals surface area contributed by atoms with Crippen LogP contribution in [0.4, 0.5) is 5.69 Å². The number of carbonyl (C=O) groups excluding carboxylic acids is 1. The van der Waals surface area contributed by atoms with Gasteiger partial charge in [0.1, 0.15) is 15.8 Å². The summed E-state index contributed by atoms with van der Waals surface area (Å²) in [5.74, 6) is 0.269. The van der Waals surface area contributed by atoms with Crippen LogP contribution in [0.2, 0.25) is 0 Å². The van der Waals surface area contributed by atoms with Gasteiger partial charge in [-0.05, 0) is 29.8 Å². The van der Waals surface area contributed by atoms with Crippen molar-refractivity contribution in [2.45, 2.75) is 20.0 Å². The molecule has 0 spiro atoms. The normalized spacial score (nSPS) is 10.3. The van der Waals surface area contributed by atoms with Gasteiger partial charge in [-0.15, -0.1) is 0 Å². The summed E-state index contributed by atoms with van der Waals surface area (Å²) in [5, 5.41) is 0. The van der Waals surface area contributed by atoms with Crippen molar-refractivity contribution >= 4 is 27.6 Å². The van der Waals surface area contributed by atoms with E-state index in [0.29, 0.717) is 16.0 Å². The van der Waals surface area contributed by atoms with E-state index in [0.717, 1.165) is 0 Å². The topological polar surface area (TPSA) is 70.8 Å². The second kappa shape index (κ2) is 5.95. The lowest BCUT2D eigenvalue weighted by molar-refractivity contribution is 0.0375. The molecule has 100 valence electrons. The molecular formula is C12H16BrNO4. The first-order valence-electron chi connectivity index (χ1n) is 5.33. The smallest absolute Gasteiger partial charge is 0.344 e. The van der Waals surface area contributed by atoms with Gasteiger partial charge in [0, 0.05) is 6.07 Å². The number of nitrogen functional groups attached to an aromatic ring is 1. The molecule has 0 amide bonds. The molecule has 0 aromatic heterocycles. The zero-order chi connectivity index (χ0) is 13.9. The highest BCUT2D eigenvalue weighted by atomic mass is 79.9. The zero-order valence-corrected chi connectivity index (χ0v) is 12.3. The summed E-state index contributed by atoms with van der Waals surface area (Å²) in [4.78, 5) is 12.0. The lowest BCUT2D eigenvalue weighted by atomic mass is 10.1. The van der Waals surface area contributed by atoms with Crippen LogP contribution in [0.1, 0.15) is 24.2 Å². The van der Waals surface area contributed by atoms with Crippen molar-refractivity contribution in [2.75, 3.05) is 20.0 Å². The average molecular weight is 318 g/mol. The van der Waals surface area contributed by atoms with Gasteiger partial charge < -0.3 is 19.9 Å². The van der Waals surface area contributed by atoms with E-state index in [1.807, 2.05) is 0 Å². The largest absolute Gasteiger partial charge is 0.495 e. The highest BCUT2D eigenvalue weighted by molar-refractivity contribution is 9.10. The number of carbonyl (C=O) groups is 1. The minimum atomic E-state index is -0.525. The van der Waals surface area contributed by atoms with Gasteiger partial charge in [-0.2, -0.15) is 0 Å². The van der Waals surface area contributed by atoms with Crippen molar-refractivity contribution < 1.29 is 19.0 Å². The Morgan fingerprint density at radius 1 is 1.33 bits per heavy atom. The monoisotopic (exact) mass is 317 g/mol. The third-order valence-corrected chi connectivity index (χ3v) is 2.94. The Morgan fingerprint density at radius 2 is 1.94 bits per heavy atom. The molecule has 5 nitrogen and oxygen atoms in total. The molecule has 0 fully saturated rings. The van der Waals surface area contributed by atoms with Gasteiger partial charge in [0.2, 0.25) is 0 Å². The summed E-state index contributed by atoms with van der Waals surface area (Å²) < 4.78 is 16.0. The van der Waals surface area contributed by atoms with Gasteiger partial charge >= 0.3 is 5.97 Å². The number of ether oxygens (including phenoxy) is 3. The highest BCUT2D eigenvalue weighted by Gasteiger charge is 2.24. The van der Waals surface area contributed by atoms with Gasteiger partial charge in [0.05, 0.1) is 26.0 Å². The quantitative estimate of drug-likeness (QED) is 0.682. The minimum absolute atomic E-state index is 0.193. The third kappa shape index (κ3) is 2.87. The third-order valence-electron chi connectivity index (χ3n) is 2.19. The Hall–Kier alpha value is -1.43. The molecule has 1 aromatic carbocycles. The predicted octanol–water partition coefficient (Wildman–Crippen LogP) is 2.61. The van der Waals surface area contributed by atoms with E-state index in [4.69, 9.17) is 19.9 Å². The van der Waals surface area contributed by atoms with E-state index in [2.05, 4.69) is 15.9 Å². The van der Waals surface area contributed by atoms with Gasteiger partial charge in [-0.3, -0.25) is 0 Å². The molecule has 0 saturated carbocycles. The molecule has 1 aromatic rings. The molecule has 0 aliphatic rings.